The quantitative estimate of drug-likeness (QED) is 0.429. The number of rotatable bonds is 6. The van der Waals surface area contributed by atoms with Crippen LogP contribution in [0.5, 0.6) is 0 Å². The highest BCUT2D eigenvalue weighted by Crippen LogP contribution is 2.30. The van der Waals surface area contributed by atoms with Crippen molar-refractivity contribution in [2.24, 2.45) is 0 Å². The molecule has 10 nitrogen and oxygen atoms in total. The fourth-order valence-electron chi connectivity index (χ4n) is 4.68. The van der Waals surface area contributed by atoms with E-state index in [9.17, 15) is 14.7 Å². The number of piperazine rings is 1. The second-order valence-electron chi connectivity index (χ2n) is 9.32. The van der Waals surface area contributed by atoms with Crippen molar-refractivity contribution in [1.82, 2.24) is 24.8 Å². The normalized spacial score (nSPS) is 21.0. The summed E-state index contributed by atoms with van der Waals surface area (Å²) in [4.78, 5) is 42.5. The molecule has 190 valence electrons. The summed E-state index contributed by atoms with van der Waals surface area (Å²) in [5, 5.41) is 13.5. The Hall–Kier alpha value is -3.05. The van der Waals surface area contributed by atoms with Gasteiger partial charge in [-0.1, -0.05) is 11.6 Å². The average Bonchev–Trinajstić information content (AvgIpc) is 3.34. The molecular weight excluding hydrogens is 484 g/mol. The summed E-state index contributed by atoms with van der Waals surface area (Å²) in [6.45, 7) is 3.32. The number of aliphatic hydroxyl groups is 1. The zero-order valence-corrected chi connectivity index (χ0v) is 20.8. The Kier molecular flexibility index (Phi) is 7.20. The number of ketones is 1. The lowest BCUT2D eigenvalue weighted by molar-refractivity contribution is -0.0224. The van der Waals surface area contributed by atoms with Crippen LogP contribution in [0.3, 0.4) is 0 Å². The molecule has 2 fully saturated rings. The van der Waals surface area contributed by atoms with Crippen LogP contribution in [-0.4, -0.2) is 100 Å². The average molecular weight is 513 g/mol. The predicted octanol–water partition coefficient (Wildman–Crippen LogP) is 2.18. The number of hydrogen-bond donors (Lipinski definition) is 3. The Morgan fingerprint density at radius 3 is 2.72 bits per heavy atom. The molecule has 0 aliphatic carbocycles. The monoisotopic (exact) mass is 512 g/mol. The Morgan fingerprint density at radius 1 is 1.19 bits per heavy atom. The number of H-pyrrole nitrogens is 1. The molecule has 4 heterocycles. The maximum Gasteiger partial charge on any atom is 0.253 e. The van der Waals surface area contributed by atoms with Crippen LogP contribution in [0.2, 0.25) is 5.02 Å². The second kappa shape index (κ2) is 10.5. The molecule has 0 saturated carbocycles. The lowest BCUT2D eigenvalue weighted by Crippen LogP contribution is -2.47. The Bertz CT molecular complexity index is 1260. The number of carbonyl (C=O) groups excluding carboxylic acids is 2. The van der Waals surface area contributed by atoms with Gasteiger partial charge in [0.15, 0.2) is 5.78 Å². The van der Waals surface area contributed by atoms with E-state index in [4.69, 9.17) is 16.3 Å². The SMILES string of the molecule is CN1CCN(C(=O)c2ccc(Cl)c(C(=O)c3c[nH]c4ncnc(N[C@@H]5CC[C@@H](CO)OC5)c34)c2)CC1. The molecule has 2 atom stereocenters. The summed E-state index contributed by atoms with van der Waals surface area (Å²) in [5.41, 5.74) is 1.56. The predicted molar refractivity (Wildman–Crippen MR) is 136 cm³/mol. The van der Waals surface area contributed by atoms with Gasteiger partial charge in [-0.2, -0.15) is 0 Å². The minimum absolute atomic E-state index is 0.00192. The first-order valence-corrected chi connectivity index (χ1v) is 12.5. The first-order valence-electron chi connectivity index (χ1n) is 12.1. The molecule has 0 spiro atoms. The van der Waals surface area contributed by atoms with Crippen LogP contribution >= 0.6 is 11.6 Å². The Balaban J connectivity index is 1.42. The highest BCUT2D eigenvalue weighted by molar-refractivity contribution is 6.36. The van der Waals surface area contributed by atoms with Gasteiger partial charge in [-0.3, -0.25) is 9.59 Å². The molecule has 5 rings (SSSR count). The summed E-state index contributed by atoms with van der Waals surface area (Å²) < 4.78 is 5.67. The molecule has 3 N–H and O–H groups in total. The topological polar surface area (TPSA) is 124 Å². The van der Waals surface area contributed by atoms with Crippen LogP contribution in [0.25, 0.3) is 11.0 Å². The van der Waals surface area contributed by atoms with Gasteiger partial charge in [0, 0.05) is 43.5 Å². The van der Waals surface area contributed by atoms with E-state index in [1.54, 1.807) is 29.3 Å². The van der Waals surface area contributed by atoms with Gasteiger partial charge in [-0.05, 0) is 38.1 Å². The lowest BCUT2D eigenvalue weighted by atomic mass is 10.00. The highest BCUT2D eigenvalue weighted by Gasteiger charge is 2.26. The Morgan fingerprint density at radius 2 is 2.00 bits per heavy atom. The molecule has 3 aromatic rings. The maximum absolute atomic E-state index is 13.7. The van der Waals surface area contributed by atoms with Crippen molar-refractivity contribution >= 4 is 40.1 Å². The van der Waals surface area contributed by atoms with Gasteiger partial charge in [0.2, 0.25) is 0 Å². The van der Waals surface area contributed by atoms with Gasteiger partial charge < -0.3 is 29.9 Å². The molecule has 2 aliphatic heterocycles. The van der Waals surface area contributed by atoms with Crippen molar-refractivity contribution in [2.45, 2.75) is 25.0 Å². The number of amides is 1. The van der Waals surface area contributed by atoms with Crippen molar-refractivity contribution in [3.63, 3.8) is 0 Å². The summed E-state index contributed by atoms with van der Waals surface area (Å²) in [6, 6.07) is 4.81. The van der Waals surface area contributed by atoms with Crippen molar-refractivity contribution in [3.05, 3.63) is 52.4 Å². The zero-order chi connectivity index (χ0) is 25.2. The number of likely N-dealkylation sites (N-methyl/N-ethyl adjacent to an activating group) is 1. The zero-order valence-electron chi connectivity index (χ0n) is 20.0. The standard InChI is InChI=1S/C25H29ClN6O4/c1-31-6-8-32(9-7-31)25(35)15-2-5-20(26)18(10-15)22(34)19-11-27-23-21(19)24(29-14-28-23)30-16-3-4-17(12-33)36-13-16/h2,5,10-11,14,16-17,33H,3-4,6-9,12-13H2,1H3,(H2,27,28,29,30)/t16-,17+/m1/s1. The Labute approximate surface area is 213 Å². The molecular formula is C25H29ClN6O4. The van der Waals surface area contributed by atoms with E-state index in [1.807, 2.05) is 7.05 Å². The van der Waals surface area contributed by atoms with E-state index in [2.05, 4.69) is 25.2 Å². The van der Waals surface area contributed by atoms with Gasteiger partial charge >= 0.3 is 0 Å². The van der Waals surface area contributed by atoms with Crippen LogP contribution in [0.4, 0.5) is 5.82 Å². The third-order valence-corrected chi connectivity index (χ3v) is 7.21. The van der Waals surface area contributed by atoms with Crippen molar-refractivity contribution in [3.8, 4) is 0 Å². The molecule has 0 bridgehead atoms. The fraction of sp³-hybridized carbons (Fsp3) is 0.440. The van der Waals surface area contributed by atoms with Crippen LogP contribution in [0.15, 0.2) is 30.7 Å². The number of nitrogens with zero attached hydrogens (tertiary/aromatic N) is 4. The summed E-state index contributed by atoms with van der Waals surface area (Å²) in [6.07, 6.45) is 4.40. The number of hydrogen-bond acceptors (Lipinski definition) is 8. The number of carbonyl (C=O) groups is 2. The van der Waals surface area contributed by atoms with Crippen molar-refractivity contribution < 1.29 is 19.4 Å². The van der Waals surface area contributed by atoms with Crippen LogP contribution in [0.1, 0.15) is 39.1 Å². The van der Waals surface area contributed by atoms with E-state index in [1.165, 1.54) is 6.33 Å². The highest BCUT2D eigenvalue weighted by atomic mass is 35.5. The van der Waals surface area contributed by atoms with Gasteiger partial charge in [-0.25, -0.2) is 9.97 Å². The van der Waals surface area contributed by atoms with Gasteiger partial charge in [0.05, 0.1) is 41.3 Å². The molecule has 1 amide bonds. The minimum atomic E-state index is -0.322. The van der Waals surface area contributed by atoms with Crippen LogP contribution < -0.4 is 5.32 Å². The van der Waals surface area contributed by atoms with Gasteiger partial charge in [-0.15, -0.1) is 0 Å². The first kappa shape index (κ1) is 24.6. The van der Waals surface area contributed by atoms with E-state index in [0.29, 0.717) is 47.7 Å². The number of benzene rings is 1. The molecule has 1 aromatic carbocycles. The number of aromatic amines is 1. The lowest BCUT2D eigenvalue weighted by Gasteiger charge is -2.32. The number of ether oxygens (including phenoxy) is 1. The van der Waals surface area contributed by atoms with Crippen LogP contribution in [0, 0.1) is 0 Å². The van der Waals surface area contributed by atoms with Gasteiger partial charge in [0.1, 0.15) is 17.8 Å². The van der Waals surface area contributed by atoms with Crippen LogP contribution in [-0.2, 0) is 4.74 Å². The maximum atomic E-state index is 13.7. The number of aliphatic hydroxyl groups excluding tert-OH is 1. The first-order chi connectivity index (χ1) is 17.4. The summed E-state index contributed by atoms with van der Waals surface area (Å²) in [5.74, 6) is 0.0794. The second-order valence-corrected chi connectivity index (χ2v) is 9.73. The summed E-state index contributed by atoms with van der Waals surface area (Å²) >= 11 is 6.45. The van der Waals surface area contributed by atoms with E-state index >= 15 is 0 Å². The third-order valence-electron chi connectivity index (χ3n) is 6.88. The summed E-state index contributed by atoms with van der Waals surface area (Å²) in [7, 11) is 2.03. The molecule has 0 radical (unpaired) electrons. The van der Waals surface area contributed by atoms with E-state index in [-0.39, 0.29) is 41.0 Å². The number of halogens is 1. The van der Waals surface area contributed by atoms with E-state index < -0.39 is 0 Å². The molecule has 2 saturated heterocycles. The minimum Gasteiger partial charge on any atom is -0.394 e. The number of fused-ring (bicyclic) bond motifs is 1. The third kappa shape index (κ3) is 4.94. The van der Waals surface area contributed by atoms with E-state index in [0.717, 1.165) is 25.9 Å². The largest absolute Gasteiger partial charge is 0.394 e. The number of anilines is 1. The van der Waals surface area contributed by atoms with Crippen molar-refractivity contribution in [2.75, 3.05) is 51.8 Å². The molecule has 2 aromatic heterocycles. The molecule has 36 heavy (non-hydrogen) atoms. The van der Waals surface area contributed by atoms with Gasteiger partial charge in [0.25, 0.3) is 5.91 Å². The molecule has 0 unspecified atom stereocenters. The smallest absolute Gasteiger partial charge is 0.253 e. The fourth-order valence-corrected chi connectivity index (χ4v) is 4.88. The molecule has 11 heteroatoms. The molecule has 2 aliphatic rings. The number of nitrogens with one attached hydrogen (secondary N) is 2. The van der Waals surface area contributed by atoms with Crippen molar-refractivity contribution in [1.29, 1.82) is 0 Å². The number of aromatic nitrogens is 3.